The van der Waals surface area contributed by atoms with E-state index in [1.54, 1.807) is 53.4 Å². The maximum absolute atomic E-state index is 13.4. The number of likely N-dealkylation sites (tertiary alicyclic amines) is 1. The summed E-state index contributed by atoms with van der Waals surface area (Å²) in [6.07, 6.45) is -3.46. The number of nitrogens with one attached hydrogen (secondary N) is 1. The molecule has 186 valence electrons. The first-order chi connectivity index (χ1) is 17.3. The number of alkyl halides is 3. The van der Waals surface area contributed by atoms with Crippen molar-refractivity contribution in [3.8, 4) is 5.75 Å². The van der Waals surface area contributed by atoms with Gasteiger partial charge < -0.3 is 15.0 Å². The van der Waals surface area contributed by atoms with Crippen LogP contribution in [0.4, 0.5) is 24.5 Å². The Balaban J connectivity index is 1.46. The maximum atomic E-state index is 13.4. The Kier molecular flexibility index (Phi) is 6.30. The third-order valence-electron chi connectivity index (χ3n) is 6.37. The number of carbonyl (C=O) groups excluding carboxylic acids is 2. The van der Waals surface area contributed by atoms with Crippen molar-refractivity contribution in [3.05, 3.63) is 89.5 Å². The summed E-state index contributed by atoms with van der Waals surface area (Å²) in [6, 6.07) is 18.3. The molecule has 2 aliphatic heterocycles. The van der Waals surface area contributed by atoms with Crippen LogP contribution in [0, 0.1) is 0 Å². The largest absolute Gasteiger partial charge is 0.489 e. The van der Waals surface area contributed by atoms with E-state index in [1.165, 1.54) is 17.0 Å². The molecule has 0 aromatic heterocycles. The van der Waals surface area contributed by atoms with Crippen LogP contribution in [0.15, 0.2) is 72.8 Å². The molecule has 1 atom stereocenters. The minimum absolute atomic E-state index is 0.0897. The molecule has 3 aromatic carbocycles. The highest BCUT2D eigenvalue weighted by Crippen LogP contribution is 2.35. The first-order valence-corrected chi connectivity index (χ1v) is 11.7. The Labute approximate surface area is 206 Å². The van der Waals surface area contributed by atoms with Gasteiger partial charge in [-0.1, -0.05) is 30.3 Å². The molecule has 0 saturated carbocycles. The van der Waals surface area contributed by atoms with Gasteiger partial charge in [0.2, 0.25) is 0 Å². The van der Waals surface area contributed by atoms with Crippen molar-refractivity contribution in [1.29, 1.82) is 0 Å². The van der Waals surface area contributed by atoms with E-state index in [9.17, 15) is 22.8 Å². The van der Waals surface area contributed by atoms with Crippen LogP contribution in [-0.2, 0) is 6.18 Å². The van der Waals surface area contributed by atoms with E-state index >= 15 is 0 Å². The van der Waals surface area contributed by atoms with Crippen LogP contribution < -0.4 is 15.0 Å². The lowest BCUT2D eigenvalue weighted by Crippen LogP contribution is -2.52. The fourth-order valence-corrected chi connectivity index (χ4v) is 4.58. The molecule has 9 heteroatoms. The normalized spacial score (nSPS) is 17.5. The highest BCUT2D eigenvalue weighted by Gasteiger charge is 2.36. The zero-order valence-electron chi connectivity index (χ0n) is 19.3. The monoisotopic (exact) mass is 495 g/mol. The average Bonchev–Trinajstić information content (AvgIpc) is 3.42. The third kappa shape index (κ3) is 4.60. The van der Waals surface area contributed by atoms with Crippen molar-refractivity contribution in [2.45, 2.75) is 25.2 Å². The van der Waals surface area contributed by atoms with Crippen LogP contribution in [0.3, 0.4) is 0 Å². The van der Waals surface area contributed by atoms with Gasteiger partial charge in [0, 0.05) is 24.5 Å². The maximum Gasteiger partial charge on any atom is 0.416 e. The summed E-state index contributed by atoms with van der Waals surface area (Å²) in [7, 11) is 0. The van der Waals surface area contributed by atoms with Crippen LogP contribution in [0.1, 0.15) is 39.1 Å². The molecule has 0 aliphatic carbocycles. The van der Waals surface area contributed by atoms with E-state index < -0.39 is 23.8 Å². The lowest BCUT2D eigenvalue weighted by molar-refractivity contribution is -0.137. The lowest BCUT2D eigenvalue weighted by Gasteiger charge is -2.38. The summed E-state index contributed by atoms with van der Waals surface area (Å²) in [4.78, 5) is 29.5. The molecule has 1 fully saturated rings. The number of anilines is 2. The number of para-hydroxylation sites is 2. The predicted octanol–water partition coefficient (Wildman–Crippen LogP) is 5.42. The number of rotatable bonds is 5. The van der Waals surface area contributed by atoms with Gasteiger partial charge >= 0.3 is 6.18 Å². The van der Waals surface area contributed by atoms with Crippen LogP contribution in [0.2, 0.25) is 0 Å². The number of amides is 2. The minimum atomic E-state index is -4.55. The van der Waals surface area contributed by atoms with E-state index in [2.05, 4.69) is 5.32 Å². The molecule has 0 bridgehead atoms. The number of ether oxygens (including phenoxy) is 1. The van der Waals surface area contributed by atoms with E-state index in [0.717, 1.165) is 25.0 Å². The second-order valence-electron chi connectivity index (χ2n) is 8.74. The second-order valence-corrected chi connectivity index (χ2v) is 8.74. The van der Waals surface area contributed by atoms with Crippen molar-refractivity contribution in [2.24, 2.45) is 0 Å². The van der Waals surface area contributed by atoms with Gasteiger partial charge in [0.15, 0.2) is 0 Å². The van der Waals surface area contributed by atoms with E-state index in [-0.39, 0.29) is 18.2 Å². The van der Waals surface area contributed by atoms with Gasteiger partial charge in [0.1, 0.15) is 18.5 Å². The summed E-state index contributed by atoms with van der Waals surface area (Å²) in [5, 5.41) is 3.21. The smallest absolute Gasteiger partial charge is 0.416 e. The van der Waals surface area contributed by atoms with Crippen molar-refractivity contribution in [2.75, 3.05) is 29.9 Å². The number of halogens is 3. The number of benzene rings is 3. The third-order valence-corrected chi connectivity index (χ3v) is 6.37. The summed E-state index contributed by atoms with van der Waals surface area (Å²) in [5.74, 6) is -0.221. The number of hydrogen-bond acceptors (Lipinski definition) is 4. The lowest BCUT2D eigenvalue weighted by atomic mass is 10.1. The Morgan fingerprint density at radius 2 is 1.69 bits per heavy atom. The molecule has 6 nitrogen and oxygen atoms in total. The van der Waals surface area contributed by atoms with Crippen molar-refractivity contribution >= 4 is 23.2 Å². The minimum Gasteiger partial charge on any atom is -0.489 e. The zero-order chi connectivity index (χ0) is 25.3. The molecule has 1 saturated heterocycles. The molecule has 36 heavy (non-hydrogen) atoms. The average molecular weight is 496 g/mol. The molecule has 0 unspecified atom stereocenters. The first-order valence-electron chi connectivity index (χ1n) is 11.7. The molecule has 2 amide bonds. The standard InChI is InChI=1S/C27H24F3N3O3/c28-27(29,30)18-8-7-9-19(16-18)33-24(31-22-12-3-1-10-20(22)26(33)35)17-36-23-13-4-2-11-21(23)25(34)32-14-5-6-15-32/h1-4,7-13,16,24,31H,5-6,14-15,17H2/t24-/m1/s1. The highest BCUT2D eigenvalue weighted by atomic mass is 19.4. The van der Waals surface area contributed by atoms with Gasteiger partial charge in [-0.25, -0.2) is 0 Å². The van der Waals surface area contributed by atoms with Crippen LogP contribution in [0.5, 0.6) is 5.75 Å². The molecular weight excluding hydrogens is 471 g/mol. The fourth-order valence-electron chi connectivity index (χ4n) is 4.58. The molecule has 3 aromatic rings. The topological polar surface area (TPSA) is 61.9 Å². The van der Waals surface area contributed by atoms with Gasteiger partial charge in [0.25, 0.3) is 11.8 Å². The molecule has 0 radical (unpaired) electrons. The van der Waals surface area contributed by atoms with Crippen LogP contribution in [0.25, 0.3) is 0 Å². The molecule has 0 spiro atoms. The fraction of sp³-hybridized carbons (Fsp3) is 0.259. The molecule has 2 aliphatic rings. The summed E-state index contributed by atoms with van der Waals surface area (Å²) >= 11 is 0. The quantitative estimate of drug-likeness (QED) is 0.514. The molecule has 1 N–H and O–H groups in total. The number of fused-ring (bicyclic) bond motifs is 1. The van der Waals surface area contributed by atoms with E-state index in [1.807, 2.05) is 0 Å². The van der Waals surface area contributed by atoms with Crippen molar-refractivity contribution in [1.82, 2.24) is 4.90 Å². The SMILES string of the molecule is O=C(c1ccccc1OC[C@@H]1Nc2ccccc2C(=O)N1c1cccc(C(F)(F)F)c1)N1CCCC1. The van der Waals surface area contributed by atoms with Crippen molar-refractivity contribution in [3.63, 3.8) is 0 Å². The number of hydrogen-bond donors (Lipinski definition) is 1. The number of carbonyl (C=O) groups is 2. The van der Waals surface area contributed by atoms with E-state index in [4.69, 9.17) is 4.74 Å². The summed E-state index contributed by atoms with van der Waals surface area (Å²) < 4.78 is 46.3. The predicted molar refractivity (Wildman–Crippen MR) is 129 cm³/mol. The van der Waals surface area contributed by atoms with Crippen molar-refractivity contribution < 1.29 is 27.5 Å². The van der Waals surface area contributed by atoms with Gasteiger partial charge in [0.05, 0.1) is 16.7 Å². The summed E-state index contributed by atoms with van der Waals surface area (Å²) in [6.45, 7) is 1.28. The van der Waals surface area contributed by atoms with Crippen LogP contribution in [-0.4, -0.2) is 42.6 Å². The Bertz CT molecular complexity index is 1290. The van der Waals surface area contributed by atoms with Gasteiger partial charge in [-0.05, 0) is 55.3 Å². The van der Waals surface area contributed by atoms with Crippen LogP contribution >= 0.6 is 0 Å². The van der Waals surface area contributed by atoms with Gasteiger partial charge in [-0.3, -0.25) is 14.5 Å². The zero-order valence-corrected chi connectivity index (χ0v) is 19.3. The van der Waals surface area contributed by atoms with Gasteiger partial charge in [-0.2, -0.15) is 13.2 Å². The Hall–Kier alpha value is -4.01. The first kappa shape index (κ1) is 23.7. The Morgan fingerprint density at radius 1 is 0.972 bits per heavy atom. The number of nitrogens with zero attached hydrogens (tertiary/aromatic N) is 2. The molecular formula is C27H24F3N3O3. The Morgan fingerprint density at radius 3 is 2.47 bits per heavy atom. The summed E-state index contributed by atoms with van der Waals surface area (Å²) in [5.41, 5.74) is 0.545. The van der Waals surface area contributed by atoms with E-state index in [0.29, 0.717) is 35.7 Å². The second kappa shape index (κ2) is 9.56. The highest BCUT2D eigenvalue weighted by molar-refractivity contribution is 6.12. The molecule has 2 heterocycles. The van der Waals surface area contributed by atoms with Gasteiger partial charge in [-0.15, -0.1) is 0 Å². The molecule has 5 rings (SSSR count).